The summed E-state index contributed by atoms with van der Waals surface area (Å²) in [5.41, 5.74) is 5.00. The molecule has 1 unspecified atom stereocenters. The Labute approximate surface area is 143 Å². The third-order valence-electron chi connectivity index (χ3n) is 6.19. The Balaban J connectivity index is 1.80. The van der Waals surface area contributed by atoms with Gasteiger partial charge in [-0.05, 0) is 67.2 Å². The van der Waals surface area contributed by atoms with Crippen molar-refractivity contribution >= 4 is 6.29 Å². The molecule has 0 saturated heterocycles. The number of aliphatic hydroxyl groups is 1. The molecule has 2 heteroatoms. The minimum atomic E-state index is -0.158. The van der Waals surface area contributed by atoms with Gasteiger partial charge in [0.05, 0.1) is 6.10 Å². The van der Waals surface area contributed by atoms with Gasteiger partial charge in [0.2, 0.25) is 0 Å². The number of hydrogen-bond acceptors (Lipinski definition) is 2. The molecule has 0 bridgehead atoms. The van der Waals surface area contributed by atoms with Crippen LogP contribution in [0.1, 0.15) is 52.7 Å². The lowest BCUT2D eigenvalue weighted by Crippen LogP contribution is -2.46. The van der Waals surface area contributed by atoms with E-state index < -0.39 is 0 Å². The van der Waals surface area contributed by atoms with Gasteiger partial charge in [-0.1, -0.05) is 42.5 Å². The number of hydrogen-bond donors (Lipinski definition) is 1. The van der Waals surface area contributed by atoms with Crippen LogP contribution in [-0.2, 0) is 18.3 Å². The summed E-state index contributed by atoms with van der Waals surface area (Å²) in [6, 6.07) is 16.9. The molecule has 0 aliphatic heterocycles. The molecule has 1 fully saturated rings. The summed E-state index contributed by atoms with van der Waals surface area (Å²) in [4.78, 5) is 11.2. The van der Waals surface area contributed by atoms with Crippen molar-refractivity contribution in [1.29, 1.82) is 0 Å². The van der Waals surface area contributed by atoms with E-state index in [2.05, 4.69) is 42.5 Å². The third-order valence-corrected chi connectivity index (χ3v) is 6.19. The van der Waals surface area contributed by atoms with E-state index in [1.807, 2.05) is 6.07 Å². The lowest BCUT2D eigenvalue weighted by molar-refractivity contribution is 0.0406. The zero-order valence-electron chi connectivity index (χ0n) is 13.9. The molecule has 2 nitrogen and oxygen atoms in total. The standard InChI is InChI=1S/C22H24O2/c23-15-17-6-9-21-18(12-17)7-8-19-13-20(24)10-11-22(19,21)14-16-4-2-1-3-5-16/h1-6,9,12,15,19-20,24H,7-8,10-11,13-14H2/t19?,20-,22+/m1/s1. The number of aryl methyl sites for hydroxylation is 1. The molecule has 0 heterocycles. The lowest BCUT2D eigenvalue weighted by atomic mass is 9.54. The average molecular weight is 320 g/mol. The van der Waals surface area contributed by atoms with Crippen molar-refractivity contribution in [3.05, 3.63) is 70.8 Å². The number of aldehydes is 1. The Kier molecular flexibility index (Phi) is 4.01. The summed E-state index contributed by atoms with van der Waals surface area (Å²) in [6.07, 6.45) is 6.75. The Morgan fingerprint density at radius 1 is 1.12 bits per heavy atom. The second-order valence-corrected chi connectivity index (χ2v) is 7.52. The fourth-order valence-corrected chi connectivity index (χ4v) is 5.05. The first-order chi connectivity index (χ1) is 11.7. The highest BCUT2D eigenvalue weighted by atomic mass is 16.3. The van der Waals surface area contributed by atoms with Gasteiger partial charge >= 0.3 is 0 Å². The van der Waals surface area contributed by atoms with Crippen LogP contribution < -0.4 is 0 Å². The van der Waals surface area contributed by atoms with Crippen molar-refractivity contribution < 1.29 is 9.90 Å². The monoisotopic (exact) mass is 320 g/mol. The summed E-state index contributed by atoms with van der Waals surface area (Å²) >= 11 is 0. The second-order valence-electron chi connectivity index (χ2n) is 7.52. The van der Waals surface area contributed by atoms with E-state index in [-0.39, 0.29) is 11.5 Å². The van der Waals surface area contributed by atoms with E-state index in [1.54, 1.807) is 0 Å². The lowest BCUT2D eigenvalue weighted by Gasteiger charge is -2.50. The second kappa shape index (κ2) is 6.18. The van der Waals surface area contributed by atoms with Gasteiger partial charge in [0.25, 0.3) is 0 Å². The summed E-state index contributed by atoms with van der Waals surface area (Å²) in [5.74, 6) is 0.524. The molecule has 0 spiro atoms. The van der Waals surface area contributed by atoms with Crippen molar-refractivity contribution in [3.63, 3.8) is 0 Å². The SMILES string of the molecule is O=Cc1ccc2c(c1)CCC1C[C@H](O)CC[C@@]21Cc1ccccc1. The highest BCUT2D eigenvalue weighted by Gasteiger charge is 2.47. The minimum absolute atomic E-state index is 0.107. The Bertz CT molecular complexity index is 737. The molecule has 2 aliphatic rings. The van der Waals surface area contributed by atoms with Crippen LogP contribution in [0.2, 0.25) is 0 Å². The van der Waals surface area contributed by atoms with Gasteiger partial charge in [0, 0.05) is 11.0 Å². The molecule has 124 valence electrons. The molecule has 1 N–H and O–H groups in total. The first-order valence-electron chi connectivity index (χ1n) is 9.02. The van der Waals surface area contributed by atoms with E-state index in [9.17, 15) is 9.90 Å². The third kappa shape index (κ3) is 2.59. The molecule has 4 rings (SSSR count). The van der Waals surface area contributed by atoms with Crippen LogP contribution in [0.4, 0.5) is 0 Å². The first kappa shape index (κ1) is 15.6. The Hall–Kier alpha value is -1.93. The van der Waals surface area contributed by atoms with Crippen LogP contribution in [0.15, 0.2) is 48.5 Å². The van der Waals surface area contributed by atoms with Gasteiger partial charge in [-0.3, -0.25) is 4.79 Å². The van der Waals surface area contributed by atoms with Gasteiger partial charge < -0.3 is 5.11 Å². The molecular weight excluding hydrogens is 296 g/mol. The van der Waals surface area contributed by atoms with Gasteiger partial charge in [-0.25, -0.2) is 0 Å². The first-order valence-corrected chi connectivity index (χ1v) is 9.02. The molecule has 2 aliphatic carbocycles. The van der Waals surface area contributed by atoms with Crippen LogP contribution in [0.25, 0.3) is 0 Å². The maximum Gasteiger partial charge on any atom is 0.150 e. The van der Waals surface area contributed by atoms with Crippen molar-refractivity contribution in [3.8, 4) is 0 Å². The van der Waals surface area contributed by atoms with Crippen molar-refractivity contribution in [2.45, 2.75) is 50.0 Å². The number of fused-ring (bicyclic) bond motifs is 3. The van der Waals surface area contributed by atoms with Crippen LogP contribution in [0, 0.1) is 5.92 Å². The smallest absolute Gasteiger partial charge is 0.150 e. The predicted molar refractivity (Wildman–Crippen MR) is 95.3 cm³/mol. The van der Waals surface area contributed by atoms with Gasteiger partial charge in [0.1, 0.15) is 6.29 Å². The molecule has 1 saturated carbocycles. The molecule has 2 aromatic rings. The van der Waals surface area contributed by atoms with Crippen LogP contribution in [0.3, 0.4) is 0 Å². The topological polar surface area (TPSA) is 37.3 Å². The van der Waals surface area contributed by atoms with Gasteiger partial charge in [0.15, 0.2) is 0 Å². The maximum absolute atomic E-state index is 11.2. The average Bonchev–Trinajstić information content (AvgIpc) is 2.62. The van der Waals surface area contributed by atoms with Gasteiger partial charge in [-0.2, -0.15) is 0 Å². The largest absolute Gasteiger partial charge is 0.393 e. The number of rotatable bonds is 3. The number of benzene rings is 2. The predicted octanol–water partition coefficient (Wildman–Crippen LogP) is 4.09. The summed E-state index contributed by atoms with van der Waals surface area (Å²) in [5, 5.41) is 10.2. The molecule has 24 heavy (non-hydrogen) atoms. The van der Waals surface area contributed by atoms with Crippen molar-refractivity contribution in [2.24, 2.45) is 5.92 Å². The molecule has 0 aromatic heterocycles. The van der Waals surface area contributed by atoms with Gasteiger partial charge in [-0.15, -0.1) is 0 Å². The number of carbonyl (C=O) groups excluding carboxylic acids is 1. The summed E-state index contributed by atoms with van der Waals surface area (Å²) < 4.78 is 0. The normalized spacial score (nSPS) is 28.7. The van der Waals surface area contributed by atoms with Crippen LogP contribution in [0.5, 0.6) is 0 Å². The van der Waals surface area contributed by atoms with E-state index in [1.165, 1.54) is 16.7 Å². The molecule has 2 aromatic carbocycles. The van der Waals surface area contributed by atoms with Crippen LogP contribution >= 0.6 is 0 Å². The highest BCUT2D eigenvalue weighted by Crippen LogP contribution is 2.52. The fraction of sp³-hybridized carbons (Fsp3) is 0.409. The Morgan fingerprint density at radius 3 is 2.75 bits per heavy atom. The zero-order chi connectivity index (χ0) is 16.6. The summed E-state index contributed by atoms with van der Waals surface area (Å²) in [6.45, 7) is 0. The van der Waals surface area contributed by atoms with E-state index >= 15 is 0 Å². The van der Waals surface area contributed by atoms with E-state index in [0.29, 0.717) is 5.92 Å². The summed E-state index contributed by atoms with van der Waals surface area (Å²) in [7, 11) is 0. The Morgan fingerprint density at radius 2 is 1.96 bits per heavy atom. The fourth-order valence-electron chi connectivity index (χ4n) is 5.05. The number of carbonyl (C=O) groups is 1. The van der Waals surface area contributed by atoms with Crippen molar-refractivity contribution in [1.82, 2.24) is 0 Å². The molecular formula is C22H24O2. The number of aliphatic hydroxyl groups excluding tert-OH is 1. The minimum Gasteiger partial charge on any atom is -0.393 e. The van der Waals surface area contributed by atoms with Crippen molar-refractivity contribution in [2.75, 3.05) is 0 Å². The van der Waals surface area contributed by atoms with Crippen LogP contribution in [-0.4, -0.2) is 17.5 Å². The molecule has 0 radical (unpaired) electrons. The van der Waals surface area contributed by atoms with E-state index in [4.69, 9.17) is 0 Å². The zero-order valence-corrected chi connectivity index (χ0v) is 13.9. The quantitative estimate of drug-likeness (QED) is 0.865. The van der Waals surface area contributed by atoms with E-state index in [0.717, 1.165) is 50.4 Å². The molecule has 3 atom stereocenters. The highest BCUT2D eigenvalue weighted by molar-refractivity contribution is 5.75. The maximum atomic E-state index is 11.2. The molecule has 0 amide bonds.